The van der Waals surface area contributed by atoms with E-state index in [9.17, 15) is 0 Å². The predicted octanol–water partition coefficient (Wildman–Crippen LogP) is 5.22. The Bertz CT molecular complexity index is 687. The van der Waals surface area contributed by atoms with Crippen LogP contribution in [0.2, 0.25) is 0 Å². The van der Waals surface area contributed by atoms with Crippen molar-refractivity contribution in [2.24, 2.45) is 0 Å². The number of hydrogen-bond acceptors (Lipinski definition) is 3. The minimum atomic E-state index is 0.119. The number of aryl methyl sites for hydroxylation is 1. The number of rotatable bonds is 4. The molecule has 0 spiro atoms. The van der Waals surface area contributed by atoms with Gasteiger partial charge in [-0.05, 0) is 69.2 Å². The van der Waals surface area contributed by atoms with E-state index < -0.39 is 0 Å². The average Bonchev–Trinajstić information content (AvgIpc) is 2.99. The van der Waals surface area contributed by atoms with E-state index in [1.807, 2.05) is 18.0 Å². The lowest BCUT2D eigenvalue weighted by molar-refractivity contribution is -0.0412. The first-order valence-electron chi connectivity index (χ1n) is 8.54. The molecule has 1 fully saturated rings. The molecule has 2 heterocycles. The van der Waals surface area contributed by atoms with Crippen LogP contribution in [0.15, 0.2) is 28.1 Å². The van der Waals surface area contributed by atoms with Crippen LogP contribution in [-0.4, -0.2) is 16.4 Å². The molecular weight excluding hydrogens is 304 g/mol. The lowest BCUT2D eigenvalue weighted by atomic mass is 10.1. The topological polar surface area (TPSA) is 27.1 Å². The third-order valence-corrected chi connectivity index (χ3v) is 6.08. The standard InChI is InChI=1S/C19H26N2OS/c1-5-16-18(12-20-21(16)19-8-6-7-11-22-19)23-17-10-9-13(2)14(3)15(17)4/h9-10,12,19H,5-8,11H2,1-4H3. The van der Waals surface area contributed by atoms with Gasteiger partial charge in [0, 0.05) is 11.5 Å². The molecule has 3 rings (SSSR count). The molecule has 1 unspecified atom stereocenters. The molecule has 0 amide bonds. The minimum Gasteiger partial charge on any atom is -0.357 e. The fraction of sp³-hybridized carbons (Fsp3) is 0.526. The summed E-state index contributed by atoms with van der Waals surface area (Å²) >= 11 is 1.83. The molecule has 0 bridgehead atoms. The quantitative estimate of drug-likeness (QED) is 0.769. The van der Waals surface area contributed by atoms with E-state index in [4.69, 9.17) is 4.74 Å². The van der Waals surface area contributed by atoms with Crippen molar-refractivity contribution in [2.45, 2.75) is 69.4 Å². The van der Waals surface area contributed by atoms with Gasteiger partial charge in [-0.1, -0.05) is 24.8 Å². The molecule has 3 nitrogen and oxygen atoms in total. The molecule has 1 aromatic carbocycles. The molecule has 2 aromatic rings. The van der Waals surface area contributed by atoms with Crippen molar-refractivity contribution < 1.29 is 4.74 Å². The molecule has 0 radical (unpaired) electrons. The van der Waals surface area contributed by atoms with Gasteiger partial charge >= 0.3 is 0 Å². The maximum Gasteiger partial charge on any atom is 0.150 e. The average molecular weight is 330 g/mol. The fourth-order valence-corrected chi connectivity index (χ4v) is 4.25. The second kappa shape index (κ2) is 7.10. The van der Waals surface area contributed by atoms with Gasteiger partial charge in [0.25, 0.3) is 0 Å². The van der Waals surface area contributed by atoms with E-state index in [-0.39, 0.29) is 6.23 Å². The zero-order valence-electron chi connectivity index (χ0n) is 14.6. The second-order valence-corrected chi connectivity index (χ2v) is 7.39. The number of aromatic nitrogens is 2. The lowest BCUT2D eigenvalue weighted by Gasteiger charge is -2.24. The molecule has 1 aliphatic heterocycles. The van der Waals surface area contributed by atoms with Crippen molar-refractivity contribution in [3.8, 4) is 0 Å². The Balaban J connectivity index is 1.89. The number of nitrogens with zero attached hydrogens (tertiary/aromatic N) is 2. The molecule has 23 heavy (non-hydrogen) atoms. The number of hydrogen-bond donors (Lipinski definition) is 0. The smallest absolute Gasteiger partial charge is 0.150 e. The zero-order valence-corrected chi connectivity index (χ0v) is 15.4. The van der Waals surface area contributed by atoms with Crippen LogP contribution >= 0.6 is 11.8 Å². The highest BCUT2D eigenvalue weighted by Gasteiger charge is 2.21. The molecule has 0 saturated carbocycles. The molecule has 1 aliphatic rings. The second-order valence-electron chi connectivity index (χ2n) is 6.31. The highest BCUT2D eigenvalue weighted by molar-refractivity contribution is 7.99. The lowest BCUT2D eigenvalue weighted by Crippen LogP contribution is -2.20. The van der Waals surface area contributed by atoms with Crippen LogP contribution in [0.5, 0.6) is 0 Å². The van der Waals surface area contributed by atoms with E-state index in [2.05, 4.69) is 49.6 Å². The first-order valence-corrected chi connectivity index (χ1v) is 9.36. The minimum absolute atomic E-state index is 0.119. The largest absolute Gasteiger partial charge is 0.357 e. The predicted molar refractivity (Wildman–Crippen MR) is 95.2 cm³/mol. The SMILES string of the molecule is CCc1c(Sc2ccc(C)c(C)c2C)cnn1C1CCCCO1. The summed E-state index contributed by atoms with van der Waals surface area (Å²) in [6, 6.07) is 4.45. The van der Waals surface area contributed by atoms with Crippen molar-refractivity contribution >= 4 is 11.8 Å². The summed E-state index contributed by atoms with van der Waals surface area (Å²) in [6.07, 6.45) is 6.58. The summed E-state index contributed by atoms with van der Waals surface area (Å²) in [6.45, 7) is 9.65. The van der Waals surface area contributed by atoms with Crippen molar-refractivity contribution in [1.82, 2.24) is 9.78 Å². The van der Waals surface area contributed by atoms with E-state index in [0.29, 0.717) is 0 Å². The Morgan fingerprint density at radius 2 is 2.00 bits per heavy atom. The molecule has 0 aliphatic carbocycles. The maximum atomic E-state index is 5.92. The number of benzene rings is 1. The first-order chi connectivity index (χ1) is 11.1. The molecule has 0 N–H and O–H groups in total. The van der Waals surface area contributed by atoms with Crippen molar-refractivity contribution in [3.05, 3.63) is 40.7 Å². The maximum absolute atomic E-state index is 5.92. The highest BCUT2D eigenvalue weighted by Crippen LogP contribution is 2.36. The van der Waals surface area contributed by atoms with E-state index in [0.717, 1.165) is 19.4 Å². The van der Waals surface area contributed by atoms with Gasteiger partial charge in [0.05, 0.1) is 16.8 Å². The van der Waals surface area contributed by atoms with Crippen LogP contribution in [-0.2, 0) is 11.2 Å². The van der Waals surface area contributed by atoms with E-state index in [1.165, 1.54) is 45.0 Å². The first kappa shape index (κ1) is 16.6. The Morgan fingerprint density at radius 3 is 2.70 bits per heavy atom. The van der Waals surface area contributed by atoms with Crippen LogP contribution in [0.1, 0.15) is 54.8 Å². The summed E-state index contributed by atoms with van der Waals surface area (Å²) in [4.78, 5) is 2.58. The van der Waals surface area contributed by atoms with Crippen LogP contribution in [0.3, 0.4) is 0 Å². The summed E-state index contributed by atoms with van der Waals surface area (Å²) in [7, 11) is 0. The summed E-state index contributed by atoms with van der Waals surface area (Å²) in [5.74, 6) is 0. The van der Waals surface area contributed by atoms with Gasteiger partial charge in [-0.2, -0.15) is 5.10 Å². The molecule has 4 heteroatoms. The third-order valence-electron chi connectivity index (χ3n) is 4.85. The van der Waals surface area contributed by atoms with E-state index in [1.54, 1.807) is 0 Å². The van der Waals surface area contributed by atoms with Crippen LogP contribution in [0.25, 0.3) is 0 Å². The van der Waals surface area contributed by atoms with Gasteiger partial charge < -0.3 is 4.74 Å². The zero-order chi connectivity index (χ0) is 16.4. The van der Waals surface area contributed by atoms with Gasteiger partial charge in [-0.25, -0.2) is 4.68 Å². The van der Waals surface area contributed by atoms with Crippen molar-refractivity contribution in [2.75, 3.05) is 6.61 Å². The van der Waals surface area contributed by atoms with Crippen LogP contribution < -0.4 is 0 Å². The molecular formula is C19H26N2OS. The summed E-state index contributed by atoms with van der Waals surface area (Å²) < 4.78 is 8.03. The summed E-state index contributed by atoms with van der Waals surface area (Å²) in [5.41, 5.74) is 5.41. The van der Waals surface area contributed by atoms with Gasteiger partial charge in [-0.3, -0.25) is 0 Å². The number of ether oxygens (including phenoxy) is 1. The Hall–Kier alpha value is -1.26. The van der Waals surface area contributed by atoms with Gasteiger partial charge in [0.15, 0.2) is 0 Å². The molecule has 1 aromatic heterocycles. The normalized spacial score (nSPS) is 18.3. The third kappa shape index (κ3) is 3.33. The van der Waals surface area contributed by atoms with Gasteiger partial charge in [-0.15, -0.1) is 0 Å². The Kier molecular flexibility index (Phi) is 5.12. The van der Waals surface area contributed by atoms with Gasteiger partial charge in [0.2, 0.25) is 0 Å². The van der Waals surface area contributed by atoms with Crippen LogP contribution in [0, 0.1) is 20.8 Å². The monoisotopic (exact) mass is 330 g/mol. The van der Waals surface area contributed by atoms with Crippen LogP contribution in [0.4, 0.5) is 0 Å². The van der Waals surface area contributed by atoms with Crippen molar-refractivity contribution in [3.63, 3.8) is 0 Å². The van der Waals surface area contributed by atoms with Gasteiger partial charge in [0.1, 0.15) is 6.23 Å². The summed E-state index contributed by atoms with van der Waals surface area (Å²) in [5, 5.41) is 4.65. The Morgan fingerprint density at radius 1 is 1.17 bits per heavy atom. The Labute approximate surface area is 143 Å². The molecule has 124 valence electrons. The molecule has 1 atom stereocenters. The van der Waals surface area contributed by atoms with Crippen molar-refractivity contribution in [1.29, 1.82) is 0 Å². The fourth-order valence-electron chi connectivity index (χ4n) is 3.12. The van der Waals surface area contributed by atoms with E-state index >= 15 is 0 Å². The molecule has 1 saturated heterocycles. The highest BCUT2D eigenvalue weighted by atomic mass is 32.2.